The monoisotopic (exact) mass is 382 g/mol. The predicted octanol–water partition coefficient (Wildman–Crippen LogP) is 8.61. The van der Waals surface area contributed by atoms with Gasteiger partial charge in [0.1, 0.15) is 0 Å². The van der Waals surface area contributed by atoms with E-state index in [9.17, 15) is 8.78 Å². The summed E-state index contributed by atoms with van der Waals surface area (Å²) in [4.78, 5) is 0. The summed E-state index contributed by atoms with van der Waals surface area (Å²) >= 11 is 0. The first-order valence-corrected chi connectivity index (χ1v) is 10.2. The van der Waals surface area contributed by atoms with Crippen molar-refractivity contribution in [3.05, 3.63) is 83.4 Å². The zero-order chi connectivity index (χ0) is 21.1. The van der Waals surface area contributed by atoms with Crippen LogP contribution in [0, 0.1) is 18.6 Å². The maximum atomic E-state index is 14.6. The third-order valence-electron chi connectivity index (χ3n) is 4.25. The number of hydrogen-bond donors (Lipinski definition) is 0. The van der Waals surface area contributed by atoms with Gasteiger partial charge in [0.05, 0.1) is 0 Å². The Kier molecular flexibility index (Phi) is 10.2. The third kappa shape index (κ3) is 5.76. The second-order valence-electron chi connectivity index (χ2n) is 6.10. The highest BCUT2D eigenvalue weighted by molar-refractivity contribution is 5.72. The first-order valence-electron chi connectivity index (χ1n) is 10.2. The fourth-order valence-electron chi connectivity index (χ4n) is 2.87. The van der Waals surface area contributed by atoms with E-state index >= 15 is 0 Å². The van der Waals surface area contributed by atoms with Gasteiger partial charge in [-0.25, -0.2) is 8.78 Å². The Morgan fingerprint density at radius 3 is 1.39 bits per heavy atom. The summed E-state index contributed by atoms with van der Waals surface area (Å²) in [5, 5.41) is 0. The van der Waals surface area contributed by atoms with E-state index in [-0.39, 0.29) is 0 Å². The zero-order valence-electron chi connectivity index (χ0n) is 17.9. The molecule has 0 aliphatic heterocycles. The molecule has 0 radical (unpaired) electrons. The summed E-state index contributed by atoms with van der Waals surface area (Å²) < 4.78 is 29.1. The predicted molar refractivity (Wildman–Crippen MR) is 119 cm³/mol. The number of rotatable bonds is 4. The number of aryl methyl sites for hydroxylation is 2. The van der Waals surface area contributed by atoms with Gasteiger partial charge in [0, 0.05) is 11.1 Å². The van der Waals surface area contributed by atoms with Crippen LogP contribution in [-0.2, 0) is 6.42 Å². The minimum atomic E-state index is -0.797. The van der Waals surface area contributed by atoms with Crippen molar-refractivity contribution in [1.82, 2.24) is 0 Å². The fraction of sp³-hybridized carbons (Fsp3) is 0.308. The Morgan fingerprint density at radius 2 is 1.00 bits per heavy atom. The molecule has 2 heteroatoms. The van der Waals surface area contributed by atoms with E-state index in [4.69, 9.17) is 0 Å². The van der Waals surface area contributed by atoms with Crippen LogP contribution in [0.2, 0.25) is 0 Å². The molecule has 0 amide bonds. The summed E-state index contributed by atoms with van der Waals surface area (Å²) in [6.45, 7) is 12.1. The topological polar surface area (TPSA) is 0 Å². The van der Waals surface area contributed by atoms with Gasteiger partial charge in [-0.2, -0.15) is 0 Å². The van der Waals surface area contributed by atoms with Gasteiger partial charge in [0.25, 0.3) is 0 Å². The van der Waals surface area contributed by atoms with E-state index in [1.54, 1.807) is 12.1 Å². The van der Waals surface area contributed by atoms with Gasteiger partial charge in [-0.1, -0.05) is 107 Å². The number of hydrogen-bond acceptors (Lipinski definition) is 0. The average Bonchev–Trinajstić information content (AvgIpc) is 2.75. The molecule has 0 aliphatic rings. The second kappa shape index (κ2) is 12.1. The molecule has 0 aromatic heterocycles. The first-order chi connectivity index (χ1) is 13.6. The lowest BCUT2D eigenvalue weighted by atomic mass is 9.97. The Hall–Kier alpha value is -2.48. The quantitative estimate of drug-likeness (QED) is 0.423. The minimum absolute atomic E-state index is 0.291. The molecular formula is C26H32F2. The molecule has 150 valence electrons. The molecule has 0 N–H and O–H groups in total. The molecule has 0 unspecified atom stereocenters. The molecule has 0 fully saturated rings. The number of benzene rings is 3. The van der Waals surface area contributed by atoms with Crippen molar-refractivity contribution < 1.29 is 8.78 Å². The molecule has 0 bridgehead atoms. The molecule has 0 heterocycles. The summed E-state index contributed by atoms with van der Waals surface area (Å²) in [5.74, 6) is -1.59. The van der Waals surface area contributed by atoms with Crippen molar-refractivity contribution in [2.24, 2.45) is 0 Å². The summed E-state index contributed by atoms with van der Waals surface area (Å²) in [5.41, 5.74) is 4.26. The van der Waals surface area contributed by atoms with E-state index in [0.717, 1.165) is 18.4 Å². The van der Waals surface area contributed by atoms with E-state index in [1.165, 1.54) is 5.56 Å². The van der Waals surface area contributed by atoms with Crippen LogP contribution >= 0.6 is 0 Å². The van der Waals surface area contributed by atoms with Crippen molar-refractivity contribution in [1.29, 1.82) is 0 Å². The standard InChI is InChI=1S/C22H20F2.2C2H6/c1-3-4-16-7-11-18(12-8-16)20-14-13-19(21(23)22(20)24)17-9-5-15(2)6-10-17;2*1-2/h5-14H,3-4H2,1-2H3;2*1-2H3. The van der Waals surface area contributed by atoms with Crippen LogP contribution in [-0.4, -0.2) is 0 Å². The molecule has 3 aromatic carbocycles. The van der Waals surface area contributed by atoms with E-state index in [0.29, 0.717) is 22.3 Å². The molecule has 28 heavy (non-hydrogen) atoms. The van der Waals surface area contributed by atoms with Crippen LogP contribution < -0.4 is 0 Å². The highest BCUT2D eigenvalue weighted by atomic mass is 19.2. The van der Waals surface area contributed by atoms with Crippen LogP contribution in [0.1, 0.15) is 52.2 Å². The van der Waals surface area contributed by atoms with Gasteiger partial charge in [-0.05, 0) is 30.0 Å². The lowest BCUT2D eigenvalue weighted by Gasteiger charge is -2.10. The first kappa shape index (κ1) is 23.6. The van der Waals surface area contributed by atoms with Gasteiger partial charge in [0.2, 0.25) is 0 Å². The van der Waals surface area contributed by atoms with Gasteiger partial charge >= 0.3 is 0 Å². The molecule has 0 nitrogen and oxygen atoms in total. The van der Waals surface area contributed by atoms with Crippen molar-refractivity contribution in [2.75, 3.05) is 0 Å². The van der Waals surface area contributed by atoms with Crippen molar-refractivity contribution in [2.45, 2.75) is 54.4 Å². The maximum absolute atomic E-state index is 14.6. The SMILES string of the molecule is CC.CC.CCCc1ccc(-c2ccc(-c3ccc(C)cc3)c(F)c2F)cc1. The van der Waals surface area contributed by atoms with E-state index in [1.807, 2.05) is 83.1 Å². The maximum Gasteiger partial charge on any atom is 0.167 e. The summed E-state index contributed by atoms with van der Waals surface area (Å²) in [6, 6.07) is 18.4. The van der Waals surface area contributed by atoms with Gasteiger partial charge in [-0.3, -0.25) is 0 Å². The zero-order valence-corrected chi connectivity index (χ0v) is 17.9. The van der Waals surface area contributed by atoms with Crippen LogP contribution in [0.15, 0.2) is 60.7 Å². The molecule has 0 aliphatic carbocycles. The highest BCUT2D eigenvalue weighted by Gasteiger charge is 2.15. The average molecular weight is 383 g/mol. The van der Waals surface area contributed by atoms with Crippen molar-refractivity contribution in [3.63, 3.8) is 0 Å². The molecule has 0 saturated carbocycles. The Balaban J connectivity index is 0.000000921. The van der Waals surface area contributed by atoms with Crippen LogP contribution in [0.4, 0.5) is 8.78 Å². The Labute approximate surface area is 169 Å². The van der Waals surface area contributed by atoms with Gasteiger partial charge in [-0.15, -0.1) is 0 Å². The normalized spacial score (nSPS) is 9.71. The summed E-state index contributed by atoms with van der Waals surface area (Å²) in [6.07, 6.45) is 2.05. The van der Waals surface area contributed by atoms with Gasteiger partial charge < -0.3 is 0 Å². The van der Waals surface area contributed by atoms with Crippen LogP contribution in [0.3, 0.4) is 0 Å². The Morgan fingerprint density at radius 1 is 0.607 bits per heavy atom. The highest BCUT2D eigenvalue weighted by Crippen LogP contribution is 2.31. The molecule has 3 rings (SSSR count). The lowest BCUT2D eigenvalue weighted by molar-refractivity contribution is 0.514. The van der Waals surface area contributed by atoms with Gasteiger partial charge in [0.15, 0.2) is 11.6 Å². The van der Waals surface area contributed by atoms with Crippen molar-refractivity contribution in [3.8, 4) is 22.3 Å². The smallest absolute Gasteiger partial charge is 0.167 e. The lowest BCUT2D eigenvalue weighted by Crippen LogP contribution is -1.94. The van der Waals surface area contributed by atoms with Crippen LogP contribution in [0.25, 0.3) is 22.3 Å². The minimum Gasteiger partial charge on any atom is -0.203 e. The summed E-state index contributed by atoms with van der Waals surface area (Å²) in [7, 11) is 0. The largest absolute Gasteiger partial charge is 0.203 e. The fourth-order valence-corrected chi connectivity index (χ4v) is 2.87. The number of halogens is 2. The second-order valence-corrected chi connectivity index (χ2v) is 6.10. The van der Waals surface area contributed by atoms with Crippen LogP contribution in [0.5, 0.6) is 0 Å². The molecule has 0 atom stereocenters. The molecule has 3 aromatic rings. The molecule has 0 spiro atoms. The van der Waals surface area contributed by atoms with E-state index < -0.39 is 11.6 Å². The van der Waals surface area contributed by atoms with E-state index in [2.05, 4.69) is 6.92 Å². The van der Waals surface area contributed by atoms with Crippen molar-refractivity contribution >= 4 is 0 Å². The molecule has 0 saturated heterocycles. The molecular weight excluding hydrogens is 350 g/mol. The Bertz CT molecular complexity index is 832. The third-order valence-corrected chi connectivity index (χ3v) is 4.25.